The van der Waals surface area contributed by atoms with Crippen molar-refractivity contribution in [2.45, 2.75) is 26.7 Å². The fourth-order valence-electron chi connectivity index (χ4n) is 1.56. The number of aliphatic carboxylic acids is 1. The van der Waals surface area contributed by atoms with Gasteiger partial charge in [0, 0.05) is 12.6 Å². The molecular weight excluding hydrogens is 222 g/mol. The highest BCUT2D eigenvalue weighted by Crippen LogP contribution is 2.08. The molecule has 0 aliphatic rings. The number of carboxylic acids is 1. The largest absolute Gasteiger partial charge is 0.481 e. The second kappa shape index (κ2) is 6.03. The van der Waals surface area contributed by atoms with E-state index in [1.807, 2.05) is 6.92 Å². The van der Waals surface area contributed by atoms with Crippen LogP contribution in [-0.2, 0) is 4.79 Å². The quantitative estimate of drug-likeness (QED) is 0.688. The predicted octanol–water partition coefficient (Wildman–Crippen LogP) is 0.991. The number of hydrogen-bond donors (Lipinski definition) is 3. The van der Waals surface area contributed by atoms with Crippen LogP contribution in [0, 0.1) is 12.8 Å². The van der Waals surface area contributed by atoms with Crippen molar-refractivity contribution in [1.29, 1.82) is 0 Å². The van der Waals surface area contributed by atoms with Gasteiger partial charge in [0.1, 0.15) is 11.6 Å². The number of anilines is 1. The van der Waals surface area contributed by atoms with Gasteiger partial charge >= 0.3 is 5.97 Å². The average Bonchev–Trinajstić information content (AvgIpc) is 2.22. The van der Waals surface area contributed by atoms with E-state index in [4.69, 9.17) is 5.11 Å². The fraction of sp³-hybridized carbons (Fsp3) is 0.545. The van der Waals surface area contributed by atoms with Gasteiger partial charge in [-0.15, -0.1) is 0 Å². The Labute approximate surface area is 99.1 Å². The smallest absolute Gasteiger partial charge is 0.308 e. The number of carboxylic acid groups (broad SMARTS) is 1. The molecule has 0 bridgehead atoms. The van der Waals surface area contributed by atoms with Crippen molar-refractivity contribution in [2.24, 2.45) is 5.92 Å². The molecule has 0 saturated heterocycles. The molecule has 1 aromatic heterocycles. The summed E-state index contributed by atoms with van der Waals surface area (Å²) in [7, 11) is 0. The Morgan fingerprint density at radius 1 is 1.65 bits per heavy atom. The number of H-pyrrole nitrogens is 1. The molecule has 0 spiro atoms. The van der Waals surface area contributed by atoms with E-state index in [2.05, 4.69) is 15.3 Å². The molecule has 0 saturated carbocycles. The van der Waals surface area contributed by atoms with Crippen LogP contribution in [0.25, 0.3) is 0 Å². The molecule has 6 heteroatoms. The predicted molar refractivity (Wildman–Crippen MR) is 64.1 cm³/mol. The summed E-state index contributed by atoms with van der Waals surface area (Å²) < 4.78 is 0. The number of aromatic nitrogens is 2. The Bertz CT molecular complexity index is 442. The Kier molecular flexibility index (Phi) is 4.68. The second-order valence-electron chi connectivity index (χ2n) is 3.92. The van der Waals surface area contributed by atoms with Gasteiger partial charge in [-0.25, -0.2) is 4.98 Å². The highest BCUT2D eigenvalue weighted by atomic mass is 16.4. The van der Waals surface area contributed by atoms with Gasteiger partial charge in [0.05, 0.1) is 5.92 Å². The van der Waals surface area contributed by atoms with Crippen molar-refractivity contribution in [3.8, 4) is 0 Å². The van der Waals surface area contributed by atoms with Crippen LogP contribution in [0.5, 0.6) is 0 Å². The van der Waals surface area contributed by atoms with E-state index >= 15 is 0 Å². The fourth-order valence-corrected chi connectivity index (χ4v) is 1.56. The Balaban J connectivity index is 2.65. The minimum Gasteiger partial charge on any atom is -0.481 e. The number of nitrogens with zero attached hydrogens (tertiary/aromatic N) is 1. The summed E-state index contributed by atoms with van der Waals surface area (Å²) in [5, 5.41) is 11.8. The highest BCUT2D eigenvalue weighted by Gasteiger charge is 2.16. The maximum Gasteiger partial charge on any atom is 0.308 e. The van der Waals surface area contributed by atoms with E-state index in [-0.39, 0.29) is 12.1 Å². The Morgan fingerprint density at radius 3 is 2.88 bits per heavy atom. The third-order valence-corrected chi connectivity index (χ3v) is 2.38. The summed E-state index contributed by atoms with van der Waals surface area (Å²) in [4.78, 5) is 28.7. The maximum atomic E-state index is 11.2. The average molecular weight is 239 g/mol. The SMILES string of the molecule is CCCC(CNc1cc(=O)[nH]c(C)n1)C(=O)O. The van der Waals surface area contributed by atoms with Gasteiger partial charge in [-0.3, -0.25) is 9.59 Å². The van der Waals surface area contributed by atoms with Gasteiger partial charge in [-0.05, 0) is 13.3 Å². The van der Waals surface area contributed by atoms with Gasteiger partial charge in [-0.1, -0.05) is 13.3 Å². The van der Waals surface area contributed by atoms with E-state index in [1.165, 1.54) is 6.07 Å². The van der Waals surface area contributed by atoms with Gasteiger partial charge in [-0.2, -0.15) is 0 Å². The summed E-state index contributed by atoms with van der Waals surface area (Å²) in [6.45, 7) is 3.89. The van der Waals surface area contributed by atoms with Crippen LogP contribution in [0.2, 0.25) is 0 Å². The molecule has 1 atom stereocenters. The first kappa shape index (κ1) is 13.2. The minimum atomic E-state index is -0.832. The number of aryl methyl sites for hydroxylation is 1. The lowest BCUT2D eigenvalue weighted by atomic mass is 10.0. The van der Waals surface area contributed by atoms with E-state index in [9.17, 15) is 9.59 Å². The van der Waals surface area contributed by atoms with Gasteiger partial charge < -0.3 is 15.4 Å². The van der Waals surface area contributed by atoms with Crippen LogP contribution >= 0.6 is 0 Å². The number of carbonyl (C=O) groups is 1. The van der Waals surface area contributed by atoms with Crippen LogP contribution in [0.3, 0.4) is 0 Å². The van der Waals surface area contributed by atoms with Crippen LogP contribution in [-0.4, -0.2) is 27.6 Å². The number of hydrogen-bond acceptors (Lipinski definition) is 4. The lowest BCUT2D eigenvalue weighted by Gasteiger charge is -2.12. The molecule has 1 aromatic rings. The summed E-state index contributed by atoms with van der Waals surface area (Å²) in [5.41, 5.74) is -0.248. The van der Waals surface area contributed by atoms with Crippen LogP contribution in [0.15, 0.2) is 10.9 Å². The van der Waals surface area contributed by atoms with E-state index < -0.39 is 11.9 Å². The van der Waals surface area contributed by atoms with E-state index in [1.54, 1.807) is 6.92 Å². The van der Waals surface area contributed by atoms with Crippen molar-refractivity contribution < 1.29 is 9.90 Å². The maximum absolute atomic E-state index is 11.2. The monoisotopic (exact) mass is 239 g/mol. The van der Waals surface area contributed by atoms with Crippen LogP contribution in [0.1, 0.15) is 25.6 Å². The molecule has 1 heterocycles. The Morgan fingerprint density at radius 2 is 2.35 bits per heavy atom. The minimum absolute atomic E-state index is 0.248. The number of rotatable bonds is 6. The first-order valence-electron chi connectivity index (χ1n) is 5.57. The molecular formula is C11H17N3O3. The lowest BCUT2D eigenvalue weighted by Crippen LogP contribution is -2.24. The third-order valence-electron chi connectivity index (χ3n) is 2.38. The topological polar surface area (TPSA) is 95.1 Å². The van der Waals surface area contributed by atoms with E-state index in [0.29, 0.717) is 18.1 Å². The molecule has 0 fully saturated rings. The zero-order chi connectivity index (χ0) is 12.8. The molecule has 0 aliphatic carbocycles. The highest BCUT2D eigenvalue weighted by molar-refractivity contribution is 5.70. The van der Waals surface area contributed by atoms with Crippen LogP contribution in [0.4, 0.5) is 5.82 Å². The first-order valence-corrected chi connectivity index (χ1v) is 5.57. The van der Waals surface area contributed by atoms with Crippen molar-refractivity contribution in [1.82, 2.24) is 9.97 Å². The van der Waals surface area contributed by atoms with Crippen LogP contribution < -0.4 is 10.9 Å². The molecule has 0 amide bonds. The normalized spacial score (nSPS) is 12.1. The zero-order valence-corrected chi connectivity index (χ0v) is 9.99. The van der Waals surface area contributed by atoms with Crippen molar-refractivity contribution >= 4 is 11.8 Å². The van der Waals surface area contributed by atoms with Crippen molar-refractivity contribution in [2.75, 3.05) is 11.9 Å². The van der Waals surface area contributed by atoms with Gasteiger partial charge in [0.25, 0.3) is 5.56 Å². The molecule has 0 aliphatic heterocycles. The standard InChI is InChI=1S/C11H17N3O3/c1-3-4-8(11(16)17)6-12-9-5-10(15)14-7(2)13-9/h5,8H,3-4,6H2,1-2H3,(H,16,17)(H2,12,13,14,15). The van der Waals surface area contributed by atoms with Gasteiger partial charge in [0.15, 0.2) is 0 Å². The van der Waals surface area contributed by atoms with Crippen molar-refractivity contribution in [3.63, 3.8) is 0 Å². The molecule has 94 valence electrons. The Hall–Kier alpha value is -1.85. The van der Waals surface area contributed by atoms with Crippen molar-refractivity contribution in [3.05, 3.63) is 22.2 Å². The molecule has 0 aromatic carbocycles. The molecule has 17 heavy (non-hydrogen) atoms. The summed E-state index contributed by atoms with van der Waals surface area (Å²) in [6, 6.07) is 1.32. The summed E-state index contributed by atoms with van der Waals surface area (Å²) >= 11 is 0. The third kappa shape index (κ3) is 4.26. The molecule has 0 radical (unpaired) electrons. The lowest BCUT2D eigenvalue weighted by molar-refractivity contribution is -0.141. The summed E-state index contributed by atoms with van der Waals surface area (Å²) in [5.74, 6) is -0.377. The number of aromatic amines is 1. The van der Waals surface area contributed by atoms with Gasteiger partial charge in [0.2, 0.25) is 0 Å². The summed E-state index contributed by atoms with van der Waals surface area (Å²) in [6.07, 6.45) is 1.41. The molecule has 1 rings (SSSR count). The number of nitrogens with one attached hydrogen (secondary N) is 2. The van der Waals surface area contributed by atoms with E-state index in [0.717, 1.165) is 6.42 Å². The molecule has 1 unspecified atom stereocenters. The first-order chi connectivity index (χ1) is 8.02. The zero-order valence-electron chi connectivity index (χ0n) is 9.99. The second-order valence-corrected chi connectivity index (χ2v) is 3.92. The molecule has 3 N–H and O–H groups in total. The molecule has 6 nitrogen and oxygen atoms in total.